The maximum Gasteiger partial charge on any atom is 0.311 e. The van der Waals surface area contributed by atoms with Crippen molar-refractivity contribution in [1.82, 2.24) is 29.3 Å². The van der Waals surface area contributed by atoms with Crippen molar-refractivity contribution in [3.63, 3.8) is 0 Å². The Hall–Kier alpha value is -5.54. The lowest BCUT2D eigenvalue weighted by molar-refractivity contribution is -0.154. The van der Waals surface area contributed by atoms with Crippen LogP contribution in [-0.2, 0) is 15.1 Å². The Morgan fingerprint density at radius 3 is 2.02 bits per heavy atom. The van der Waals surface area contributed by atoms with Gasteiger partial charge in [-0.2, -0.15) is 5.10 Å². The number of nitrogens with one attached hydrogen (secondary N) is 1. The molecule has 3 aliphatic rings. The van der Waals surface area contributed by atoms with Crippen LogP contribution in [0.25, 0.3) is 33.6 Å². The number of hydrogen-bond donors (Lipinski definition) is 1. The van der Waals surface area contributed by atoms with Gasteiger partial charge >= 0.3 is 5.97 Å². The van der Waals surface area contributed by atoms with Crippen LogP contribution in [0, 0.1) is 17.8 Å². The monoisotopic (exact) mass is 749 g/mol. The van der Waals surface area contributed by atoms with Gasteiger partial charge in [0.25, 0.3) is 0 Å². The van der Waals surface area contributed by atoms with E-state index in [2.05, 4.69) is 109 Å². The van der Waals surface area contributed by atoms with E-state index in [1.54, 1.807) is 6.20 Å². The van der Waals surface area contributed by atoms with E-state index in [0.717, 1.165) is 58.8 Å². The summed E-state index contributed by atoms with van der Waals surface area (Å²) in [5.74, 6) is 1.40. The minimum absolute atomic E-state index is 0.104. The number of carbonyl (C=O) groups excluding carboxylic acids is 1. The molecule has 0 unspecified atom stereocenters. The fourth-order valence-electron chi connectivity index (χ4n) is 9.34. The molecule has 10 rings (SSSR count). The van der Waals surface area contributed by atoms with E-state index in [1.807, 2.05) is 35.9 Å². The van der Waals surface area contributed by atoms with Crippen LogP contribution < -0.4 is 5.32 Å². The summed E-state index contributed by atoms with van der Waals surface area (Å²) in [6, 6.07) is 35.3. The first-order valence-electron chi connectivity index (χ1n) is 19.4. The molecule has 2 bridgehead atoms. The molecule has 2 atom stereocenters. The Morgan fingerprint density at radius 1 is 0.836 bits per heavy atom. The molecule has 3 aromatic carbocycles. The van der Waals surface area contributed by atoms with Crippen molar-refractivity contribution in [2.45, 2.75) is 64.1 Å². The number of fused-ring (bicyclic) bond motifs is 5. The van der Waals surface area contributed by atoms with E-state index >= 15 is 0 Å². The van der Waals surface area contributed by atoms with Gasteiger partial charge in [0.2, 0.25) is 0 Å². The van der Waals surface area contributed by atoms with Gasteiger partial charge in [-0.05, 0) is 87.1 Å². The third-order valence-corrected chi connectivity index (χ3v) is 12.0. The van der Waals surface area contributed by atoms with Crippen molar-refractivity contribution in [3.05, 3.63) is 137 Å². The van der Waals surface area contributed by atoms with Gasteiger partial charge in [0.1, 0.15) is 22.7 Å². The molecule has 4 heterocycles. The zero-order valence-electron chi connectivity index (χ0n) is 31.3. The van der Waals surface area contributed by atoms with Crippen LogP contribution in [0.4, 0.5) is 5.82 Å². The van der Waals surface area contributed by atoms with Gasteiger partial charge in [0.05, 0.1) is 28.3 Å². The van der Waals surface area contributed by atoms with Gasteiger partial charge in [-0.1, -0.05) is 103 Å². The maximum atomic E-state index is 13.5. The minimum Gasteiger partial charge on any atom is -0.466 e. The molecule has 0 spiro atoms. The summed E-state index contributed by atoms with van der Waals surface area (Å²) in [5.41, 5.74) is 4.11. The molecule has 3 fully saturated rings. The summed E-state index contributed by atoms with van der Waals surface area (Å²) in [5, 5.41) is 11.5. The van der Waals surface area contributed by atoms with Crippen molar-refractivity contribution in [1.29, 1.82) is 0 Å². The van der Waals surface area contributed by atoms with Crippen LogP contribution in [0.3, 0.4) is 0 Å². The Morgan fingerprint density at radius 2 is 1.44 bits per heavy atom. The third-order valence-electron chi connectivity index (χ3n) is 11.8. The number of anilines is 1. The van der Waals surface area contributed by atoms with E-state index in [9.17, 15) is 4.79 Å². The third kappa shape index (κ3) is 5.87. The van der Waals surface area contributed by atoms with Gasteiger partial charge < -0.3 is 14.6 Å². The van der Waals surface area contributed by atoms with Crippen LogP contribution in [0.2, 0.25) is 5.02 Å². The smallest absolute Gasteiger partial charge is 0.311 e. The minimum atomic E-state index is -0.932. The zero-order chi connectivity index (χ0) is 37.7. The lowest BCUT2D eigenvalue weighted by Gasteiger charge is -2.47. The van der Waals surface area contributed by atoms with E-state index in [1.165, 1.54) is 0 Å². The van der Waals surface area contributed by atoms with Crippen molar-refractivity contribution >= 4 is 45.5 Å². The van der Waals surface area contributed by atoms with Crippen LogP contribution in [0.5, 0.6) is 0 Å². The first-order chi connectivity index (χ1) is 26.9. The molecular weight excluding hydrogens is 706 g/mol. The fraction of sp³-hybridized carbons (Fsp3) is 0.311. The van der Waals surface area contributed by atoms with Crippen LogP contribution in [0.1, 0.15) is 69.2 Å². The number of aromatic nitrogens is 6. The number of nitrogens with zero attached hydrogens (tertiary/aromatic N) is 6. The van der Waals surface area contributed by atoms with Gasteiger partial charge in [0.15, 0.2) is 11.5 Å². The number of ether oxygens (including phenoxy) is 1. The first kappa shape index (κ1) is 35.2. The molecule has 0 radical (unpaired) electrons. The van der Waals surface area contributed by atoms with Crippen molar-refractivity contribution in [2.24, 2.45) is 17.8 Å². The van der Waals surface area contributed by atoms with E-state index in [0.29, 0.717) is 40.5 Å². The summed E-state index contributed by atoms with van der Waals surface area (Å²) < 4.78 is 9.86. The molecule has 3 aliphatic carbocycles. The average Bonchev–Trinajstić information content (AvgIpc) is 3.82. The molecule has 3 saturated carbocycles. The Bertz CT molecular complexity index is 2380. The molecule has 278 valence electrons. The first-order valence-corrected chi connectivity index (χ1v) is 19.8. The molecule has 0 aliphatic heterocycles. The molecule has 1 N–H and O–H groups in total. The zero-order valence-corrected chi connectivity index (χ0v) is 32.0. The van der Waals surface area contributed by atoms with Gasteiger partial charge in [-0.3, -0.25) is 4.79 Å². The van der Waals surface area contributed by atoms with E-state index < -0.39 is 5.54 Å². The molecule has 10 heteroatoms. The number of rotatable bonds is 10. The quantitative estimate of drug-likeness (QED) is 0.110. The number of benzene rings is 3. The Labute approximate surface area is 325 Å². The lowest BCUT2D eigenvalue weighted by atomic mass is 9.61. The Kier molecular flexibility index (Phi) is 9.13. The van der Waals surface area contributed by atoms with Crippen molar-refractivity contribution in [2.75, 3.05) is 11.9 Å². The normalized spacial score (nSPS) is 19.7. The van der Waals surface area contributed by atoms with Gasteiger partial charge in [0, 0.05) is 24.5 Å². The number of pyridine rings is 1. The largest absolute Gasteiger partial charge is 0.466 e. The standard InChI is InChI=1S/C45H44ClN7O2/c1-4-55-44(54)37-29-20-22-30(23-21-29)38(37)48-40-35-24-25-52(28(2)3)43(35)50-41(49-40)39-36-26-34(46)27-47-42(36)53(51-39)45(31-14-8-5-9-15-31,32-16-10-6-11-17-32)33-18-12-7-13-19-33/h5-19,24-30,37-38H,4,20-23H2,1-3H3,(H,48,49,50)/t29?,30?,37-,38-/m0/s1. The van der Waals surface area contributed by atoms with Crippen molar-refractivity contribution in [3.8, 4) is 11.5 Å². The predicted octanol–water partition coefficient (Wildman–Crippen LogP) is 9.70. The lowest BCUT2D eigenvalue weighted by Crippen LogP contribution is -2.52. The highest BCUT2D eigenvalue weighted by atomic mass is 35.5. The summed E-state index contributed by atoms with van der Waals surface area (Å²) in [7, 11) is 0. The van der Waals surface area contributed by atoms with Gasteiger partial charge in [-0.25, -0.2) is 19.6 Å². The SMILES string of the molecule is CCOC(=O)[C@H]1C2CCC(CC2)[C@@H]1Nc1nc(-c2nn(C(c3ccccc3)(c3ccccc3)c3ccccc3)c3ncc(Cl)cc23)nc2c1ccn2C(C)C. The second-order valence-corrected chi connectivity index (χ2v) is 15.6. The molecule has 0 amide bonds. The second kappa shape index (κ2) is 14.3. The molecule has 9 nitrogen and oxygen atoms in total. The van der Waals surface area contributed by atoms with Gasteiger partial charge in [-0.15, -0.1) is 0 Å². The molecule has 55 heavy (non-hydrogen) atoms. The number of carbonyl (C=O) groups is 1. The summed E-state index contributed by atoms with van der Waals surface area (Å²) >= 11 is 6.76. The molecule has 0 saturated heterocycles. The molecule has 7 aromatic rings. The highest BCUT2D eigenvalue weighted by molar-refractivity contribution is 6.31. The molecular formula is C45H44ClN7O2. The second-order valence-electron chi connectivity index (χ2n) is 15.2. The van der Waals surface area contributed by atoms with Crippen LogP contribution >= 0.6 is 11.6 Å². The number of halogens is 1. The van der Waals surface area contributed by atoms with Crippen molar-refractivity contribution < 1.29 is 9.53 Å². The Balaban J connectivity index is 1.30. The average molecular weight is 750 g/mol. The number of hydrogen-bond acceptors (Lipinski definition) is 7. The highest BCUT2D eigenvalue weighted by Gasteiger charge is 2.48. The fourth-order valence-corrected chi connectivity index (χ4v) is 9.50. The summed E-state index contributed by atoms with van der Waals surface area (Å²) in [6.45, 7) is 6.53. The van der Waals surface area contributed by atoms with E-state index in [-0.39, 0.29) is 29.9 Å². The summed E-state index contributed by atoms with van der Waals surface area (Å²) in [4.78, 5) is 29.1. The van der Waals surface area contributed by atoms with Crippen LogP contribution in [0.15, 0.2) is 116 Å². The topological polar surface area (TPSA) is 99.8 Å². The highest BCUT2D eigenvalue weighted by Crippen LogP contribution is 2.48. The van der Waals surface area contributed by atoms with Crippen LogP contribution in [-0.4, -0.2) is 47.9 Å². The maximum absolute atomic E-state index is 13.5. The number of esters is 1. The molecule has 4 aromatic heterocycles. The predicted molar refractivity (Wildman–Crippen MR) is 217 cm³/mol. The van der Waals surface area contributed by atoms with E-state index in [4.69, 9.17) is 36.4 Å². The summed E-state index contributed by atoms with van der Waals surface area (Å²) in [6.07, 6.45) is 7.98.